The zero-order chi connectivity index (χ0) is 45.4. The van der Waals surface area contributed by atoms with Gasteiger partial charge in [0, 0.05) is 9.52 Å². The van der Waals surface area contributed by atoms with E-state index in [1.165, 1.54) is 101 Å². The predicted octanol–water partition coefficient (Wildman–Crippen LogP) is 18.3. The minimum atomic E-state index is -0.826. The van der Waals surface area contributed by atoms with Gasteiger partial charge in [0.25, 0.3) is 0 Å². The molecule has 0 aliphatic carbocycles. The van der Waals surface area contributed by atoms with Crippen LogP contribution in [0.25, 0.3) is 43.8 Å². The molecule has 0 amide bonds. The number of aryl methyl sites for hydroxylation is 4. The van der Waals surface area contributed by atoms with Crippen molar-refractivity contribution in [3.63, 3.8) is 0 Å². The SMILES string of the molecule is CCCc1cc2c(-c3cc(C(C)(C)C)cc(C(C)(C)C)c3)c(C)ccc2[cH-]1.CCCc1cc2c(-c3cc(C(C)(C)C)cc(C(C)(C)C)c3)c(C)ccc2[cH-]1.C[Si]C.[Cl][Zr+2][Cl]. The van der Waals surface area contributed by atoms with Gasteiger partial charge in [0.2, 0.25) is 0 Å². The number of benzene rings is 4. The van der Waals surface area contributed by atoms with Crippen molar-refractivity contribution in [2.45, 2.75) is 171 Å². The molecule has 0 fully saturated rings. The fraction of sp³-hybridized carbons (Fsp3) is 0.464. The predicted molar refractivity (Wildman–Crippen MR) is 271 cm³/mol. The maximum absolute atomic E-state index is 4.93. The fourth-order valence-corrected chi connectivity index (χ4v) is 7.81. The molecule has 322 valence electrons. The van der Waals surface area contributed by atoms with E-state index in [1.807, 2.05) is 0 Å². The number of fused-ring (bicyclic) bond motifs is 2. The van der Waals surface area contributed by atoms with Crippen molar-refractivity contribution in [3.8, 4) is 22.3 Å². The maximum atomic E-state index is 4.93. The first kappa shape index (κ1) is 52.1. The van der Waals surface area contributed by atoms with Crippen molar-refractivity contribution in [3.05, 3.63) is 129 Å². The first-order valence-electron chi connectivity index (χ1n) is 22.1. The first-order chi connectivity index (χ1) is 27.8. The van der Waals surface area contributed by atoms with Crippen LogP contribution in [0, 0.1) is 13.8 Å². The Morgan fingerprint density at radius 2 is 0.750 bits per heavy atom. The van der Waals surface area contributed by atoms with Crippen molar-refractivity contribution in [2.24, 2.45) is 0 Å². The summed E-state index contributed by atoms with van der Waals surface area (Å²) in [5.41, 5.74) is 17.4. The molecule has 2 radical (unpaired) electrons. The summed E-state index contributed by atoms with van der Waals surface area (Å²) in [4.78, 5) is 0. The molecule has 6 aromatic carbocycles. The van der Waals surface area contributed by atoms with Gasteiger partial charge in [-0.05, 0) is 81.7 Å². The quantitative estimate of drug-likeness (QED) is 0.115. The van der Waals surface area contributed by atoms with Crippen molar-refractivity contribution < 1.29 is 20.8 Å². The summed E-state index contributed by atoms with van der Waals surface area (Å²) in [7, 11) is 11.0. The molecule has 6 rings (SSSR count). The molecule has 0 nitrogen and oxygen atoms in total. The van der Waals surface area contributed by atoms with Crippen molar-refractivity contribution in [2.75, 3.05) is 0 Å². The molecule has 0 saturated carbocycles. The van der Waals surface area contributed by atoms with Crippen LogP contribution in [0.2, 0.25) is 13.1 Å². The van der Waals surface area contributed by atoms with Crippen LogP contribution in [0.3, 0.4) is 0 Å². The molecule has 0 aromatic heterocycles. The second-order valence-corrected chi connectivity index (χ2v) is 25.6. The third-order valence-electron chi connectivity index (χ3n) is 11.3. The molecule has 4 heteroatoms. The third kappa shape index (κ3) is 13.9. The van der Waals surface area contributed by atoms with Gasteiger partial charge < -0.3 is 0 Å². The molecule has 6 aromatic rings. The van der Waals surface area contributed by atoms with Crippen molar-refractivity contribution in [1.82, 2.24) is 0 Å². The van der Waals surface area contributed by atoms with E-state index in [9.17, 15) is 0 Å². The van der Waals surface area contributed by atoms with Gasteiger partial charge in [0.15, 0.2) is 0 Å². The van der Waals surface area contributed by atoms with Gasteiger partial charge >= 0.3 is 37.9 Å². The topological polar surface area (TPSA) is 0 Å². The van der Waals surface area contributed by atoms with Crippen LogP contribution in [0.4, 0.5) is 0 Å². The Labute approximate surface area is 388 Å². The molecule has 0 aliphatic rings. The minimum absolute atomic E-state index is 0.136. The van der Waals surface area contributed by atoms with Crippen LogP contribution in [-0.2, 0) is 55.3 Å². The van der Waals surface area contributed by atoms with Crippen LogP contribution in [-0.4, -0.2) is 9.52 Å². The number of rotatable bonds is 6. The van der Waals surface area contributed by atoms with Gasteiger partial charge in [0.05, 0.1) is 0 Å². The number of halogens is 2. The molecule has 0 unspecified atom stereocenters. The Balaban J connectivity index is 0.000000283. The average molecular weight is 939 g/mol. The van der Waals surface area contributed by atoms with E-state index in [2.05, 4.69) is 209 Å². The fourth-order valence-electron chi connectivity index (χ4n) is 7.81. The Bertz CT molecular complexity index is 2060. The summed E-state index contributed by atoms with van der Waals surface area (Å²) in [6.07, 6.45) is 4.70. The van der Waals surface area contributed by atoms with Gasteiger partial charge in [-0.2, -0.15) is 12.1 Å². The monoisotopic (exact) mass is 936 g/mol. The summed E-state index contributed by atoms with van der Waals surface area (Å²) >= 11 is -0.826. The molecular weight excluding hydrogens is 863 g/mol. The van der Waals surface area contributed by atoms with E-state index >= 15 is 0 Å². The van der Waals surface area contributed by atoms with E-state index in [0.29, 0.717) is 0 Å². The molecule has 0 heterocycles. The molecule has 60 heavy (non-hydrogen) atoms. The number of hydrogen-bond donors (Lipinski definition) is 0. The van der Waals surface area contributed by atoms with Crippen LogP contribution in [0.5, 0.6) is 0 Å². The molecule has 0 atom stereocenters. The molecule has 0 bridgehead atoms. The van der Waals surface area contributed by atoms with E-state index < -0.39 is 20.8 Å². The Hall–Kier alpha value is -2.22. The Morgan fingerprint density at radius 3 is 0.983 bits per heavy atom. The van der Waals surface area contributed by atoms with Gasteiger partial charge in [-0.1, -0.05) is 182 Å². The second kappa shape index (κ2) is 21.9. The van der Waals surface area contributed by atoms with Gasteiger partial charge in [-0.15, -0.1) is 69.1 Å². The third-order valence-corrected chi connectivity index (χ3v) is 11.3. The van der Waals surface area contributed by atoms with Crippen molar-refractivity contribution in [1.29, 1.82) is 0 Å². The van der Waals surface area contributed by atoms with Crippen LogP contribution >= 0.6 is 17.0 Å². The summed E-state index contributed by atoms with van der Waals surface area (Å²) < 4.78 is 0. The number of hydrogen-bond acceptors (Lipinski definition) is 0. The Kier molecular flexibility index (Phi) is 19.0. The van der Waals surface area contributed by atoms with E-state index in [-0.39, 0.29) is 21.7 Å². The van der Waals surface area contributed by atoms with E-state index in [0.717, 1.165) is 22.4 Å². The summed E-state index contributed by atoms with van der Waals surface area (Å²) in [6.45, 7) is 41.1. The van der Waals surface area contributed by atoms with Crippen molar-refractivity contribution >= 4 is 48.1 Å². The second-order valence-electron chi connectivity index (χ2n) is 20.9. The van der Waals surface area contributed by atoms with E-state index in [4.69, 9.17) is 17.0 Å². The molecule has 0 spiro atoms. The molecule has 0 N–H and O–H groups in total. The van der Waals surface area contributed by atoms with Gasteiger partial charge in [0.1, 0.15) is 0 Å². The standard InChI is InChI=1S/2C27H35.C2H6Si.2ClH.Zr/c2*1-9-10-19-13-20-12-11-18(2)25(24(20)14-19)21-15-22(26(3,4)5)17-23(16-21)27(6,7)8;1-3-2;;;/h2*11-17H,9-10H2,1-8H3;1-2H3;2*1H;/q2*-1;;;;+4/p-2. The normalized spacial score (nSPS) is 11.9. The molecule has 0 aliphatic heterocycles. The zero-order valence-electron chi connectivity index (χ0n) is 40.7. The van der Waals surface area contributed by atoms with Crippen LogP contribution < -0.4 is 0 Å². The zero-order valence-corrected chi connectivity index (χ0v) is 45.6. The van der Waals surface area contributed by atoms with Gasteiger partial charge in [-0.3, -0.25) is 0 Å². The Morgan fingerprint density at radius 1 is 0.483 bits per heavy atom. The van der Waals surface area contributed by atoms with Crippen LogP contribution in [0.1, 0.15) is 154 Å². The summed E-state index contributed by atoms with van der Waals surface area (Å²) in [5.74, 6) is 0. The molecule has 0 saturated heterocycles. The average Bonchev–Trinajstić information content (AvgIpc) is 3.74. The van der Waals surface area contributed by atoms with Crippen LogP contribution in [0.15, 0.2) is 84.9 Å². The summed E-state index contributed by atoms with van der Waals surface area (Å²) in [5, 5.41) is 5.56. The van der Waals surface area contributed by atoms with Gasteiger partial charge in [-0.25, -0.2) is 0 Å². The summed E-state index contributed by atoms with van der Waals surface area (Å²) in [6, 6.07) is 33.2. The first-order valence-corrected chi connectivity index (χ1v) is 30.4. The van der Waals surface area contributed by atoms with E-state index in [1.54, 1.807) is 0 Å². The molecular formula is C56H76Cl2SiZr.